The molecule has 0 rings (SSSR count). The van der Waals surface area contributed by atoms with Gasteiger partial charge in [-0.1, -0.05) is 13.8 Å². The van der Waals surface area contributed by atoms with Gasteiger partial charge in [-0.3, -0.25) is 4.79 Å². The summed E-state index contributed by atoms with van der Waals surface area (Å²) in [4.78, 5) is 11.3. The second kappa shape index (κ2) is 4.50. The van der Waals surface area contributed by atoms with Crippen molar-refractivity contribution in [1.82, 2.24) is 0 Å². The largest absolute Gasteiger partial charge is 0.368 e. The second-order valence-corrected chi connectivity index (χ2v) is 3.38. The standard InChI is InChI=1S/C9H18O2/c1-6(2)9(10)8(5)11-7(3)4/h6-8H,1-5H3. The maximum Gasteiger partial charge on any atom is 0.163 e. The fourth-order valence-corrected chi connectivity index (χ4v) is 0.945. The van der Waals surface area contributed by atoms with Crippen LogP contribution in [0.1, 0.15) is 34.6 Å². The van der Waals surface area contributed by atoms with Crippen LogP contribution >= 0.6 is 0 Å². The van der Waals surface area contributed by atoms with Crippen LogP contribution in [0.2, 0.25) is 0 Å². The van der Waals surface area contributed by atoms with E-state index >= 15 is 0 Å². The van der Waals surface area contributed by atoms with Crippen molar-refractivity contribution >= 4 is 5.78 Å². The maximum absolute atomic E-state index is 11.3. The minimum absolute atomic E-state index is 0.0729. The first-order chi connectivity index (χ1) is 4.95. The highest BCUT2D eigenvalue weighted by atomic mass is 16.5. The molecule has 0 N–H and O–H groups in total. The SMILES string of the molecule is CC(C)OC(C)C(=O)C(C)C. The highest BCUT2D eigenvalue weighted by Gasteiger charge is 2.17. The van der Waals surface area contributed by atoms with Crippen molar-refractivity contribution in [2.75, 3.05) is 0 Å². The number of rotatable bonds is 4. The molecular weight excluding hydrogens is 140 g/mol. The molecule has 11 heavy (non-hydrogen) atoms. The molecule has 0 aliphatic carbocycles. The van der Waals surface area contributed by atoms with Crippen molar-refractivity contribution in [3.63, 3.8) is 0 Å². The Bertz CT molecular complexity index is 128. The molecular formula is C9H18O2. The van der Waals surface area contributed by atoms with E-state index in [0.717, 1.165) is 0 Å². The minimum atomic E-state index is -0.255. The molecule has 0 fully saturated rings. The summed E-state index contributed by atoms with van der Waals surface area (Å²) >= 11 is 0. The van der Waals surface area contributed by atoms with Crippen LogP contribution in [0.5, 0.6) is 0 Å². The van der Waals surface area contributed by atoms with Gasteiger partial charge in [0.05, 0.1) is 6.10 Å². The van der Waals surface area contributed by atoms with Crippen molar-refractivity contribution < 1.29 is 9.53 Å². The van der Waals surface area contributed by atoms with Crippen LogP contribution < -0.4 is 0 Å². The molecule has 0 aliphatic heterocycles. The molecule has 0 aromatic carbocycles. The van der Waals surface area contributed by atoms with E-state index < -0.39 is 0 Å². The number of carbonyl (C=O) groups excluding carboxylic acids is 1. The van der Waals surface area contributed by atoms with Crippen LogP contribution in [-0.2, 0) is 9.53 Å². The Balaban J connectivity index is 3.83. The molecule has 2 nitrogen and oxygen atoms in total. The Hall–Kier alpha value is -0.370. The van der Waals surface area contributed by atoms with E-state index in [4.69, 9.17) is 4.74 Å². The topological polar surface area (TPSA) is 26.3 Å². The van der Waals surface area contributed by atoms with Crippen molar-refractivity contribution in [3.8, 4) is 0 Å². The van der Waals surface area contributed by atoms with E-state index in [1.807, 2.05) is 34.6 Å². The number of ether oxygens (including phenoxy) is 1. The summed E-state index contributed by atoms with van der Waals surface area (Å²) in [5.41, 5.74) is 0. The summed E-state index contributed by atoms with van der Waals surface area (Å²) in [5.74, 6) is 0.252. The average molecular weight is 158 g/mol. The quantitative estimate of drug-likeness (QED) is 0.625. The van der Waals surface area contributed by atoms with Gasteiger partial charge in [0.2, 0.25) is 0 Å². The van der Waals surface area contributed by atoms with Gasteiger partial charge in [-0.15, -0.1) is 0 Å². The fraction of sp³-hybridized carbons (Fsp3) is 0.889. The molecule has 0 saturated heterocycles. The Kier molecular flexibility index (Phi) is 4.34. The molecule has 0 aliphatic rings. The van der Waals surface area contributed by atoms with E-state index in [2.05, 4.69) is 0 Å². The lowest BCUT2D eigenvalue weighted by Crippen LogP contribution is -2.27. The summed E-state index contributed by atoms with van der Waals surface area (Å²) in [6, 6.07) is 0. The molecule has 0 saturated carbocycles. The van der Waals surface area contributed by atoms with Crippen molar-refractivity contribution in [1.29, 1.82) is 0 Å². The molecule has 1 unspecified atom stereocenters. The van der Waals surface area contributed by atoms with E-state index in [0.29, 0.717) is 0 Å². The third-order valence-corrected chi connectivity index (χ3v) is 1.45. The van der Waals surface area contributed by atoms with Crippen LogP contribution in [0.15, 0.2) is 0 Å². The monoisotopic (exact) mass is 158 g/mol. The minimum Gasteiger partial charge on any atom is -0.368 e. The van der Waals surface area contributed by atoms with Crippen molar-refractivity contribution in [2.24, 2.45) is 5.92 Å². The highest BCUT2D eigenvalue weighted by molar-refractivity contribution is 5.84. The van der Waals surface area contributed by atoms with Gasteiger partial charge in [0.1, 0.15) is 6.10 Å². The fourth-order valence-electron chi connectivity index (χ4n) is 0.945. The summed E-state index contributed by atoms with van der Waals surface area (Å²) in [6.07, 6.45) is -0.123. The molecule has 2 heteroatoms. The molecule has 0 bridgehead atoms. The Morgan fingerprint density at radius 3 is 1.82 bits per heavy atom. The lowest BCUT2D eigenvalue weighted by molar-refractivity contribution is -0.135. The number of Topliss-reactive ketones (excluding diaryl/α,β-unsaturated/α-hetero) is 1. The maximum atomic E-state index is 11.3. The molecule has 66 valence electrons. The molecule has 0 radical (unpaired) electrons. The van der Waals surface area contributed by atoms with Crippen LogP contribution in [-0.4, -0.2) is 18.0 Å². The van der Waals surface area contributed by atoms with E-state index in [1.54, 1.807) is 0 Å². The van der Waals surface area contributed by atoms with E-state index in [9.17, 15) is 4.79 Å². The Morgan fingerprint density at radius 1 is 1.09 bits per heavy atom. The van der Waals surface area contributed by atoms with Crippen LogP contribution in [0.25, 0.3) is 0 Å². The lowest BCUT2D eigenvalue weighted by atomic mass is 10.1. The number of hydrogen-bond acceptors (Lipinski definition) is 2. The number of carbonyl (C=O) groups is 1. The van der Waals surface area contributed by atoms with E-state index in [-0.39, 0.29) is 23.9 Å². The van der Waals surface area contributed by atoms with Crippen LogP contribution in [0.3, 0.4) is 0 Å². The summed E-state index contributed by atoms with van der Waals surface area (Å²) < 4.78 is 5.32. The first kappa shape index (κ1) is 10.6. The summed E-state index contributed by atoms with van der Waals surface area (Å²) in [7, 11) is 0. The van der Waals surface area contributed by atoms with Gasteiger partial charge in [-0.05, 0) is 20.8 Å². The highest BCUT2D eigenvalue weighted by Crippen LogP contribution is 2.05. The third-order valence-electron chi connectivity index (χ3n) is 1.45. The Morgan fingerprint density at radius 2 is 1.55 bits per heavy atom. The average Bonchev–Trinajstić information content (AvgIpc) is 1.84. The number of ketones is 1. The van der Waals surface area contributed by atoms with Gasteiger partial charge in [-0.2, -0.15) is 0 Å². The predicted molar refractivity (Wildman–Crippen MR) is 45.5 cm³/mol. The van der Waals surface area contributed by atoms with Gasteiger partial charge in [0.25, 0.3) is 0 Å². The van der Waals surface area contributed by atoms with Crippen LogP contribution in [0, 0.1) is 5.92 Å². The Labute approximate surface area is 68.9 Å². The van der Waals surface area contributed by atoms with Gasteiger partial charge in [-0.25, -0.2) is 0 Å². The number of hydrogen-bond donors (Lipinski definition) is 0. The smallest absolute Gasteiger partial charge is 0.163 e. The lowest BCUT2D eigenvalue weighted by Gasteiger charge is -2.16. The van der Waals surface area contributed by atoms with Gasteiger partial charge in [0, 0.05) is 5.92 Å². The summed E-state index contributed by atoms with van der Waals surface area (Å²) in [5, 5.41) is 0. The predicted octanol–water partition coefficient (Wildman–Crippen LogP) is 2.02. The normalized spacial score (nSPS) is 14.1. The van der Waals surface area contributed by atoms with Crippen molar-refractivity contribution in [2.45, 2.75) is 46.8 Å². The zero-order chi connectivity index (χ0) is 9.02. The van der Waals surface area contributed by atoms with Crippen LogP contribution in [0.4, 0.5) is 0 Å². The molecule has 0 spiro atoms. The zero-order valence-electron chi connectivity index (χ0n) is 8.05. The molecule has 0 aromatic heterocycles. The van der Waals surface area contributed by atoms with Crippen molar-refractivity contribution in [3.05, 3.63) is 0 Å². The first-order valence-corrected chi connectivity index (χ1v) is 4.14. The zero-order valence-corrected chi connectivity index (χ0v) is 8.05. The van der Waals surface area contributed by atoms with Gasteiger partial charge in [0.15, 0.2) is 5.78 Å². The second-order valence-electron chi connectivity index (χ2n) is 3.38. The van der Waals surface area contributed by atoms with Gasteiger partial charge < -0.3 is 4.74 Å². The molecule has 0 aromatic rings. The first-order valence-electron chi connectivity index (χ1n) is 4.14. The summed E-state index contributed by atoms with van der Waals surface area (Å²) in [6.45, 7) is 9.46. The third kappa shape index (κ3) is 4.14. The van der Waals surface area contributed by atoms with Gasteiger partial charge >= 0.3 is 0 Å². The molecule has 0 amide bonds. The van der Waals surface area contributed by atoms with E-state index in [1.165, 1.54) is 0 Å². The molecule has 0 heterocycles. The molecule has 1 atom stereocenters.